The maximum atomic E-state index is 12.7. The predicted molar refractivity (Wildman–Crippen MR) is 54.1 cm³/mol. The molecule has 0 aliphatic heterocycles. The zero-order valence-electron chi connectivity index (χ0n) is 8.14. The smallest absolute Gasteiger partial charge is 0.244 e. The molecule has 0 saturated carbocycles. The highest BCUT2D eigenvalue weighted by atomic mass is 32.1. The quantitative estimate of drug-likeness (QED) is 0.669. The van der Waals surface area contributed by atoms with E-state index in [0.717, 1.165) is 16.9 Å². The van der Waals surface area contributed by atoms with Gasteiger partial charge in [0.05, 0.1) is 21.3 Å². The predicted octanol–water partition coefficient (Wildman–Crippen LogP) is 3.93. The van der Waals surface area contributed by atoms with Crippen molar-refractivity contribution in [3.05, 3.63) is 28.3 Å². The Morgan fingerprint density at radius 2 is 1.93 bits per heavy atom. The first-order valence-corrected chi connectivity index (χ1v) is 5.20. The van der Waals surface area contributed by atoms with Crippen molar-refractivity contribution < 1.29 is 13.2 Å². The molecule has 0 fully saturated rings. The average Bonchev–Trinajstić information content (AvgIpc) is 2.57. The number of hydrogen-bond donors (Lipinski definition) is 0. The van der Waals surface area contributed by atoms with Gasteiger partial charge in [-0.2, -0.15) is 13.2 Å². The summed E-state index contributed by atoms with van der Waals surface area (Å²) in [6.45, 7) is 3.46. The third-order valence-corrected chi connectivity index (χ3v) is 3.28. The molecule has 1 aromatic heterocycles. The van der Waals surface area contributed by atoms with Crippen LogP contribution in [0.5, 0.6) is 0 Å². The molecule has 2 rings (SSSR count). The van der Waals surface area contributed by atoms with Gasteiger partial charge in [0.1, 0.15) is 0 Å². The summed E-state index contributed by atoms with van der Waals surface area (Å²) in [7, 11) is 0. The van der Waals surface area contributed by atoms with Gasteiger partial charge in [0, 0.05) is 0 Å². The van der Waals surface area contributed by atoms with E-state index in [1.54, 1.807) is 13.8 Å². The minimum absolute atomic E-state index is 0.227. The maximum absolute atomic E-state index is 12.7. The number of thiazole rings is 1. The van der Waals surface area contributed by atoms with Gasteiger partial charge in [0.2, 0.25) is 0 Å². The first-order valence-electron chi connectivity index (χ1n) is 4.32. The van der Waals surface area contributed by atoms with Gasteiger partial charge in [-0.05, 0) is 31.0 Å². The Labute approximate surface area is 88.6 Å². The van der Waals surface area contributed by atoms with E-state index in [1.807, 2.05) is 0 Å². The van der Waals surface area contributed by atoms with Crippen LogP contribution in [-0.4, -0.2) is 4.98 Å². The zero-order chi connectivity index (χ0) is 11.2. The lowest BCUT2D eigenvalue weighted by Crippen LogP contribution is -2.06. The number of alkyl halides is 3. The molecule has 0 amide bonds. The fourth-order valence-electron chi connectivity index (χ4n) is 1.49. The van der Waals surface area contributed by atoms with Crippen molar-refractivity contribution in [1.82, 2.24) is 4.98 Å². The lowest BCUT2D eigenvalue weighted by molar-refractivity contribution is -0.136. The molecule has 0 bridgehead atoms. The Kier molecular flexibility index (Phi) is 2.22. The van der Waals surface area contributed by atoms with Crippen LogP contribution in [0, 0.1) is 13.8 Å². The maximum Gasteiger partial charge on any atom is 0.417 e. The second kappa shape index (κ2) is 3.20. The van der Waals surface area contributed by atoms with E-state index < -0.39 is 11.7 Å². The summed E-state index contributed by atoms with van der Waals surface area (Å²) < 4.78 is 38.3. The number of benzene rings is 1. The van der Waals surface area contributed by atoms with Crippen molar-refractivity contribution in [2.24, 2.45) is 0 Å². The van der Waals surface area contributed by atoms with E-state index in [2.05, 4.69) is 4.98 Å². The van der Waals surface area contributed by atoms with Gasteiger partial charge in [0.15, 0.2) is 0 Å². The zero-order valence-corrected chi connectivity index (χ0v) is 8.96. The second-order valence-corrected chi connectivity index (χ2v) is 4.25. The van der Waals surface area contributed by atoms with Crippen LogP contribution in [-0.2, 0) is 6.18 Å². The van der Waals surface area contributed by atoms with Gasteiger partial charge >= 0.3 is 6.18 Å². The van der Waals surface area contributed by atoms with Gasteiger partial charge in [-0.3, -0.25) is 0 Å². The molecule has 2 aromatic rings. The molecular formula is C10H8F3NS. The van der Waals surface area contributed by atoms with E-state index >= 15 is 0 Å². The lowest BCUT2D eigenvalue weighted by Gasteiger charge is -2.10. The van der Waals surface area contributed by atoms with Gasteiger partial charge in [-0.15, -0.1) is 11.3 Å². The van der Waals surface area contributed by atoms with Crippen LogP contribution in [0.1, 0.15) is 16.7 Å². The van der Waals surface area contributed by atoms with Crippen LogP contribution >= 0.6 is 11.3 Å². The molecule has 0 aliphatic rings. The topological polar surface area (TPSA) is 12.9 Å². The van der Waals surface area contributed by atoms with E-state index in [0.29, 0.717) is 11.1 Å². The van der Waals surface area contributed by atoms with Crippen molar-refractivity contribution in [3.8, 4) is 0 Å². The van der Waals surface area contributed by atoms with Crippen molar-refractivity contribution in [1.29, 1.82) is 0 Å². The minimum atomic E-state index is -4.30. The van der Waals surface area contributed by atoms with Gasteiger partial charge in [0.25, 0.3) is 0 Å². The Bertz CT molecular complexity index is 513. The Hall–Kier alpha value is -1.10. The third-order valence-electron chi connectivity index (χ3n) is 2.43. The van der Waals surface area contributed by atoms with Crippen molar-refractivity contribution in [2.45, 2.75) is 20.0 Å². The number of fused-ring (bicyclic) bond motifs is 1. The summed E-state index contributed by atoms with van der Waals surface area (Å²) >= 11 is 1.03. The first-order chi connectivity index (χ1) is 6.91. The van der Waals surface area contributed by atoms with E-state index in [4.69, 9.17) is 0 Å². The standard InChI is InChI=1S/C10H8F3NS/c1-5-3-7(10(11,12)13)9-8(6(5)2)14-4-15-9/h3-4H,1-2H3. The Morgan fingerprint density at radius 1 is 1.27 bits per heavy atom. The highest BCUT2D eigenvalue weighted by Crippen LogP contribution is 2.38. The first kappa shape index (κ1) is 10.4. The van der Waals surface area contributed by atoms with Gasteiger partial charge < -0.3 is 0 Å². The summed E-state index contributed by atoms with van der Waals surface area (Å²) in [5.74, 6) is 0. The summed E-state index contributed by atoms with van der Waals surface area (Å²) in [5.41, 5.74) is 2.78. The summed E-state index contributed by atoms with van der Waals surface area (Å²) in [5, 5.41) is 0. The van der Waals surface area contributed by atoms with Crippen LogP contribution < -0.4 is 0 Å². The van der Waals surface area contributed by atoms with Crippen molar-refractivity contribution in [2.75, 3.05) is 0 Å². The molecule has 0 N–H and O–H groups in total. The van der Waals surface area contributed by atoms with Crippen LogP contribution in [0.15, 0.2) is 11.6 Å². The molecule has 15 heavy (non-hydrogen) atoms. The molecule has 5 heteroatoms. The van der Waals surface area contributed by atoms with Gasteiger partial charge in [-0.1, -0.05) is 0 Å². The Balaban J connectivity index is 2.86. The second-order valence-electron chi connectivity index (χ2n) is 3.39. The van der Waals surface area contributed by atoms with Crippen molar-refractivity contribution in [3.63, 3.8) is 0 Å². The summed E-state index contributed by atoms with van der Waals surface area (Å²) in [6.07, 6.45) is -4.30. The van der Waals surface area contributed by atoms with E-state index in [-0.39, 0.29) is 4.70 Å². The SMILES string of the molecule is Cc1cc(C(F)(F)F)c2scnc2c1C. The monoisotopic (exact) mass is 231 g/mol. The Morgan fingerprint density at radius 3 is 2.53 bits per heavy atom. The highest BCUT2D eigenvalue weighted by molar-refractivity contribution is 7.17. The largest absolute Gasteiger partial charge is 0.417 e. The highest BCUT2D eigenvalue weighted by Gasteiger charge is 2.34. The number of rotatable bonds is 0. The number of aromatic nitrogens is 1. The molecular weight excluding hydrogens is 223 g/mol. The number of nitrogens with zero attached hydrogens (tertiary/aromatic N) is 1. The molecule has 0 aliphatic carbocycles. The van der Waals surface area contributed by atoms with Crippen LogP contribution in [0.2, 0.25) is 0 Å². The molecule has 1 nitrogen and oxygen atoms in total. The molecule has 1 heterocycles. The number of hydrogen-bond acceptors (Lipinski definition) is 2. The molecule has 80 valence electrons. The molecule has 0 saturated heterocycles. The van der Waals surface area contributed by atoms with Gasteiger partial charge in [-0.25, -0.2) is 4.98 Å². The average molecular weight is 231 g/mol. The summed E-state index contributed by atoms with van der Waals surface area (Å²) in [6, 6.07) is 1.19. The van der Waals surface area contributed by atoms with Crippen LogP contribution in [0.4, 0.5) is 13.2 Å². The van der Waals surface area contributed by atoms with Crippen molar-refractivity contribution >= 4 is 21.6 Å². The molecule has 0 atom stereocenters. The van der Waals surface area contributed by atoms with Crippen LogP contribution in [0.25, 0.3) is 10.2 Å². The fourth-order valence-corrected chi connectivity index (χ4v) is 2.37. The van der Waals surface area contributed by atoms with E-state index in [1.165, 1.54) is 11.6 Å². The number of halogens is 3. The number of aryl methyl sites for hydroxylation is 2. The third kappa shape index (κ3) is 1.61. The normalized spacial score (nSPS) is 12.3. The fraction of sp³-hybridized carbons (Fsp3) is 0.300. The minimum Gasteiger partial charge on any atom is -0.244 e. The molecule has 0 unspecified atom stereocenters. The molecule has 1 aromatic carbocycles. The lowest BCUT2D eigenvalue weighted by atomic mass is 10.0. The summed E-state index contributed by atoms with van der Waals surface area (Å²) in [4.78, 5) is 3.97. The molecule has 0 radical (unpaired) electrons. The molecule has 0 spiro atoms. The van der Waals surface area contributed by atoms with Crippen LogP contribution in [0.3, 0.4) is 0 Å². The van der Waals surface area contributed by atoms with E-state index in [9.17, 15) is 13.2 Å².